The number of nitrogens with zero attached hydrogens (tertiary/aromatic N) is 1. The highest BCUT2D eigenvalue weighted by Crippen LogP contribution is 2.47. The third-order valence-electron chi connectivity index (χ3n) is 13.4. The van der Waals surface area contributed by atoms with Gasteiger partial charge in [0, 0.05) is 39.1 Å². The van der Waals surface area contributed by atoms with E-state index in [2.05, 4.69) is 187 Å². The maximum atomic E-state index is 11.8. The molecule has 0 saturated heterocycles. The molecule has 4 N–H and O–H groups in total. The van der Waals surface area contributed by atoms with Crippen molar-refractivity contribution in [3.8, 4) is 0 Å². The molecule has 0 aliphatic carbocycles. The lowest BCUT2D eigenvalue weighted by molar-refractivity contribution is -0.383. The Bertz CT molecular complexity index is 2750. The zero-order chi connectivity index (χ0) is 47.1. The van der Waals surface area contributed by atoms with Gasteiger partial charge in [0.1, 0.15) is 5.69 Å². The summed E-state index contributed by atoms with van der Waals surface area (Å²) in [5.74, 6) is 0. The van der Waals surface area contributed by atoms with E-state index in [1.165, 1.54) is 39.4 Å². The van der Waals surface area contributed by atoms with Gasteiger partial charge in [0.2, 0.25) is 0 Å². The van der Waals surface area contributed by atoms with Crippen molar-refractivity contribution in [2.24, 2.45) is 0 Å². The summed E-state index contributed by atoms with van der Waals surface area (Å²) >= 11 is 0. The lowest BCUT2D eigenvalue weighted by Gasteiger charge is -2.35. The summed E-state index contributed by atoms with van der Waals surface area (Å²) in [6.45, 7) is 17.9. The number of anilines is 5. The summed E-state index contributed by atoms with van der Waals surface area (Å²) in [6, 6.07) is 69.9. The van der Waals surface area contributed by atoms with Gasteiger partial charge in [-0.1, -0.05) is 237 Å². The lowest BCUT2D eigenvalue weighted by atomic mass is 9.72. The summed E-state index contributed by atoms with van der Waals surface area (Å²) in [5.41, 5.74) is 19.1. The van der Waals surface area contributed by atoms with Gasteiger partial charge >= 0.3 is 0 Å². The number of hydrogen-bond acceptors (Lipinski definition) is 5. The number of nitrogen functional groups attached to an aromatic ring is 1. The van der Waals surface area contributed by atoms with Crippen LogP contribution < -0.4 is 16.4 Å². The summed E-state index contributed by atoms with van der Waals surface area (Å²) in [5, 5.41) is 19.0. The predicted molar refractivity (Wildman–Crippen MR) is 278 cm³/mol. The highest BCUT2D eigenvalue weighted by Gasteiger charge is 2.35. The number of rotatable bonds is 13. The number of nitro benzene ring substituents is 1. The first-order valence-electron chi connectivity index (χ1n) is 22.7. The summed E-state index contributed by atoms with van der Waals surface area (Å²) in [4.78, 5) is 11.4. The van der Waals surface area contributed by atoms with Gasteiger partial charge in [-0.3, -0.25) is 10.1 Å². The summed E-state index contributed by atoms with van der Waals surface area (Å²) in [6.07, 6.45) is 0. The van der Waals surface area contributed by atoms with Crippen molar-refractivity contribution < 1.29 is 4.92 Å². The minimum atomic E-state index is -0.338. The second kappa shape index (κ2) is 19.3. The minimum Gasteiger partial charge on any atom is -0.397 e. The lowest BCUT2D eigenvalue weighted by Crippen LogP contribution is -2.25. The predicted octanol–water partition coefficient (Wildman–Crippen LogP) is 15.7. The normalized spacial score (nSPS) is 11.8. The first-order valence-corrected chi connectivity index (χ1v) is 22.7. The van der Waals surface area contributed by atoms with Gasteiger partial charge in [-0.05, 0) is 62.7 Å². The third-order valence-corrected chi connectivity index (χ3v) is 13.4. The Morgan fingerprint density at radius 2 is 0.636 bits per heavy atom. The molecule has 0 aliphatic heterocycles. The van der Waals surface area contributed by atoms with E-state index in [-0.39, 0.29) is 32.3 Å². The summed E-state index contributed by atoms with van der Waals surface area (Å²) < 4.78 is 0. The molecule has 0 atom stereocenters. The Hall–Kier alpha value is -7.44. The van der Waals surface area contributed by atoms with Crippen LogP contribution in [0.5, 0.6) is 0 Å². The van der Waals surface area contributed by atoms with Crippen molar-refractivity contribution in [1.29, 1.82) is 0 Å². The quantitative estimate of drug-likeness (QED) is 0.0610. The van der Waals surface area contributed by atoms with Crippen molar-refractivity contribution in [3.63, 3.8) is 0 Å². The van der Waals surface area contributed by atoms with Gasteiger partial charge in [0.25, 0.3) is 5.69 Å². The van der Waals surface area contributed by atoms with Crippen LogP contribution in [-0.2, 0) is 21.7 Å². The SMILES string of the molecule is CC(C)(c1ccccc1)c1cccc(C(C)(C)c2ccccc2)c1Nc1ccccc1N.CC(C)(c1ccccc1)c1cccc(C(C)(C)c2ccccc2)c1Nc1ccccc1[N+](=O)[O-]. The Morgan fingerprint density at radius 1 is 0.364 bits per heavy atom. The van der Waals surface area contributed by atoms with Gasteiger partial charge in [0.05, 0.1) is 16.3 Å². The molecule has 6 nitrogen and oxygen atoms in total. The fourth-order valence-electron chi connectivity index (χ4n) is 9.12. The Labute approximate surface area is 391 Å². The zero-order valence-electron chi connectivity index (χ0n) is 39.5. The molecule has 0 amide bonds. The molecule has 8 aromatic rings. The van der Waals surface area contributed by atoms with Crippen molar-refractivity contribution in [1.82, 2.24) is 0 Å². The van der Waals surface area contributed by atoms with Crippen molar-refractivity contribution >= 4 is 34.1 Å². The largest absolute Gasteiger partial charge is 0.397 e. The van der Waals surface area contributed by atoms with Gasteiger partial charge < -0.3 is 16.4 Å². The van der Waals surface area contributed by atoms with E-state index in [0.717, 1.165) is 33.9 Å². The molecule has 0 aliphatic rings. The van der Waals surface area contributed by atoms with Crippen LogP contribution in [0, 0.1) is 10.1 Å². The van der Waals surface area contributed by atoms with Crippen LogP contribution in [0.25, 0.3) is 0 Å². The monoisotopic (exact) mass is 870 g/mol. The van der Waals surface area contributed by atoms with E-state index in [0.29, 0.717) is 5.69 Å². The molecule has 0 saturated carbocycles. The molecule has 0 heterocycles. The first-order chi connectivity index (χ1) is 31.5. The fraction of sp³-hybridized carbons (Fsp3) is 0.200. The fourth-order valence-corrected chi connectivity index (χ4v) is 9.12. The molecule has 0 spiro atoms. The molecule has 6 heteroatoms. The topological polar surface area (TPSA) is 93.2 Å². The number of nitrogens with two attached hydrogens (primary N) is 1. The Balaban J connectivity index is 0.000000197. The van der Waals surface area contributed by atoms with Crippen molar-refractivity contribution in [2.45, 2.75) is 77.0 Å². The second-order valence-electron chi connectivity index (χ2n) is 19.0. The van der Waals surface area contributed by atoms with Crippen LogP contribution in [-0.4, -0.2) is 4.92 Å². The molecule has 0 radical (unpaired) electrons. The van der Waals surface area contributed by atoms with Crippen LogP contribution in [0.15, 0.2) is 206 Å². The molecular formula is C60H62N4O2. The standard InChI is InChI=1S/C30H30N2O2.C30H32N2/c1-29(2,22-14-7-5-8-15-22)24-18-13-19-25(30(3,4)23-16-9-6-10-17-23)28(24)31-26-20-11-12-21-27(26)32(33)34;1-29(2,22-14-7-5-8-15-22)24-18-13-19-25(30(3,4)23-16-9-6-10-17-23)28(24)32-27-21-12-11-20-26(27)31/h5-21,31H,1-4H3;5-21,32H,31H2,1-4H3. The molecule has 8 aromatic carbocycles. The smallest absolute Gasteiger partial charge is 0.292 e. The maximum Gasteiger partial charge on any atom is 0.292 e. The van der Waals surface area contributed by atoms with Gasteiger partial charge in [-0.15, -0.1) is 0 Å². The van der Waals surface area contributed by atoms with E-state index in [4.69, 9.17) is 5.73 Å². The molecule has 66 heavy (non-hydrogen) atoms. The Kier molecular flexibility index (Phi) is 13.6. The third kappa shape index (κ3) is 9.64. The van der Waals surface area contributed by atoms with Gasteiger partial charge in [-0.2, -0.15) is 0 Å². The number of para-hydroxylation sites is 6. The van der Waals surface area contributed by atoms with Crippen LogP contribution >= 0.6 is 0 Å². The highest BCUT2D eigenvalue weighted by atomic mass is 16.6. The average molecular weight is 871 g/mol. The zero-order valence-corrected chi connectivity index (χ0v) is 39.5. The van der Waals surface area contributed by atoms with E-state index >= 15 is 0 Å². The van der Waals surface area contributed by atoms with Gasteiger partial charge in [-0.25, -0.2) is 0 Å². The van der Waals surface area contributed by atoms with E-state index < -0.39 is 0 Å². The molecule has 0 bridgehead atoms. The minimum absolute atomic E-state index is 0.0540. The molecule has 8 rings (SSSR count). The number of benzene rings is 8. The van der Waals surface area contributed by atoms with E-state index in [9.17, 15) is 10.1 Å². The van der Waals surface area contributed by atoms with E-state index in [1.807, 2.05) is 66.7 Å². The van der Waals surface area contributed by atoms with Crippen LogP contribution in [0.3, 0.4) is 0 Å². The molecule has 0 fully saturated rings. The molecule has 0 aromatic heterocycles. The molecule has 0 unspecified atom stereocenters. The van der Waals surface area contributed by atoms with Crippen LogP contribution in [0.4, 0.5) is 34.1 Å². The average Bonchev–Trinajstić information content (AvgIpc) is 3.33. The highest BCUT2D eigenvalue weighted by molar-refractivity contribution is 5.79. The maximum absolute atomic E-state index is 11.8. The molecular weight excluding hydrogens is 809 g/mol. The number of nitrogens with one attached hydrogen (secondary N) is 2. The first kappa shape index (κ1) is 46.5. The van der Waals surface area contributed by atoms with Crippen molar-refractivity contribution in [3.05, 3.63) is 261 Å². The summed E-state index contributed by atoms with van der Waals surface area (Å²) in [7, 11) is 0. The second-order valence-corrected chi connectivity index (χ2v) is 19.0. The number of hydrogen-bond donors (Lipinski definition) is 3. The number of nitro groups is 1. The van der Waals surface area contributed by atoms with E-state index in [1.54, 1.807) is 12.1 Å². The van der Waals surface area contributed by atoms with Crippen LogP contribution in [0.1, 0.15) is 99.9 Å². The Morgan fingerprint density at radius 3 is 0.955 bits per heavy atom. The van der Waals surface area contributed by atoms with Crippen LogP contribution in [0.2, 0.25) is 0 Å². The van der Waals surface area contributed by atoms with Gasteiger partial charge in [0.15, 0.2) is 0 Å². The van der Waals surface area contributed by atoms with Crippen molar-refractivity contribution in [2.75, 3.05) is 16.4 Å². The molecule has 334 valence electrons.